The minimum atomic E-state index is 0.200. The molecule has 0 saturated carbocycles. The van der Waals surface area contributed by atoms with Gasteiger partial charge in [0.15, 0.2) is 0 Å². The molecule has 2 fully saturated rings. The van der Waals surface area contributed by atoms with Crippen molar-refractivity contribution in [1.82, 2.24) is 14.9 Å². The van der Waals surface area contributed by atoms with Gasteiger partial charge in [0.05, 0.1) is 19.1 Å². The van der Waals surface area contributed by atoms with Crippen LogP contribution in [0.4, 0.5) is 0 Å². The molecule has 86 valence electrons. The van der Waals surface area contributed by atoms with Crippen molar-refractivity contribution in [2.45, 2.75) is 0 Å². The lowest BCUT2D eigenvalue weighted by molar-refractivity contribution is -0.154. The summed E-state index contributed by atoms with van der Waals surface area (Å²) in [6.45, 7) is 4.63. The van der Waals surface area contributed by atoms with Gasteiger partial charge in [0.2, 0.25) is 5.91 Å². The molecule has 2 saturated heterocycles. The standard InChI is InChI=1S/C10H19N3O2/c1-11(2)13-7-9(8-13)10(14)12-3-5-15-6-4-12/h9H,3-8H2,1-2H3. The third-order valence-electron chi connectivity index (χ3n) is 3.10. The van der Waals surface area contributed by atoms with Crippen LogP contribution in [0.15, 0.2) is 0 Å². The van der Waals surface area contributed by atoms with Crippen molar-refractivity contribution in [3.8, 4) is 0 Å². The summed E-state index contributed by atoms with van der Waals surface area (Å²) in [7, 11) is 4.02. The van der Waals surface area contributed by atoms with Crippen LogP contribution in [-0.2, 0) is 9.53 Å². The minimum absolute atomic E-state index is 0.200. The first-order valence-electron chi connectivity index (χ1n) is 5.47. The molecule has 0 radical (unpaired) electrons. The zero-order valence-electron chi connectivity index (χ0n) is 9.48. The second-order valence-corrected chi connectivity index (χ2v) is 4.35. The molecule has 0 N–H and O–H groups in total. The second-order valence-electron chi connectivity index (χ2n) is 4.35. The molecule has 5 heteroatoms. The average molecular weight is 213 g/mol. The molecule has 2 rings (SSSR count). The smallest absolute Gasteiger partial charge is 0.228 e. The van der Waals surface area contributed by atoms with Gasteiger partial charge in [-0.3, -0.25) is 4.79 Å². The Labute approximate surface area is 90.5 Å². The van der Waals surface area contributed by atoms with E-state index in [1.165, 1.54) is 0 Å². The molecule has 0 bridgehead atoms. The molecule has 0 aromatic carbocycles. The van der Waals surface area contributed by atoms with Crippen LogP contribution >= 0.6 is 0 Å². The van der Waals surface area contributed by atoms with E-state index >= 15 is 0 Å². The number of carbonyl (C=O) groups excluding carboxylic acids is 1. The summed E-state index contributed by atoms with van der Waals surface area (Å²) in [6.07, 6.45) is 0. The van der Waals surface area contributed by atoms with Crippen molar-refractivity contribution < 1.29 is 9.53 Å². The average Bonchev–Trinajstić information content (AvgIpc) is 2.16. The Hall–Kier alpha value is -0.650. The van der Waals surface area contributed by atoms with Gasteiger partial charge in [0.25, 0.3) is 0 Å². The maximum absolute atomic E-state index is 12.0. The first-order valence-corrected chi connectivity index (χ1v) is 5.47. The number of morpholine rings is 1. The van der Waals surface area contributed by atoms with E-state index in [0.717, 1.165) is 26.2 Å². The van der Waals surface area contributed by atoms with E-state index in [4.69, 9.17) is 4.74 Å². The largest absolute Gasteiger partial charge is 0.378 e. The van der Waals surface area contributed by atoms with Crippen LogP contribution in [0.5, 0.6) is 0 Å². The first kappa shape index (κ1) is 10.9. The van der Waals surface area contributed by atoms with Crippen LogP contribution in [0, 0.1) is 5.92 Å². The monoisotopic (exact) mass is 213 g/mol. The molecule has 0 spiro atoms. The quantitative estimate of drug-likeness (QED) is 0.605. The van der Waals surface area contributed by atoms with Gasteiger partial charge in [-0.25, -0.2) is 10.0 Å². The molecule has 5 nitrogen and oxygen atoms in total. The zero-order chi connectivity index (χ0) is 10.8. The number of rotatable bonds is 2. The Morgan fingerprint density at radius 1 is 1.27 bits per heavy atom. The predicted octanol–water partition coefficient (Wildman–Crippen LogP) is -0.746. The lowest BCUT2D eigenvalue weighted by Crippen LogP contribution is -2.59. The van der Waals surface area contributed by atoms with Crippen molar-refractivity contribution in [1.29, 1.82) is 0 Å². The third kappa shape index (κ3) is 2.30. The van der Waals surface area contributed by atoms with Gasteiger partial charge in [0, 0.05) is 40.3 Å². The van der Waals surface area contributed by atoms with Gasteiger partial charge < -0.3 is 9.64 Å². The number of amides is 1. The van der Waals surface area contributed by atoms with Crippen molar-refractivity contribution in [3.63, 3.8) is 0 Å². The molecule has 0 aromatic heterocycles. The predicted molar refractivity (Wildman–Crippen MR) is 56.1 cm³/mol. The van der Waals surface area contributed by atoms with Crippen LogP contribution in [0.3, 0.4) is 0 Å². The Bertz CT molecular complexity index is 233. The Morgan fingerprint density at radius 2 is 1.87 bits per heavy atom. The Morgan fingerprint density at radius 3 is 2.40 bits per heavy atom. The van der Waals surface area contributed by atoms with E-state index in [2.05, 4.69) is 5.01 Å². The van der Waals surface area contributed by atoms with Gasteiger partial charge in [-0.2, -0.15) is 0 Å². The van der Waals surface area contributed by atoms with E-state index in [1.807, 2.05) is 24.0 Å². The highest BCUT2D eigenvalue weighted by Gasteiger charge is 2.36. The number of carbonyl (C=O) groups is 1. The maximum Gasteiger partial charge on any atom is 0.228 e. The van der Waals surface area contributed by atoms with Gasteiger partial charge in [-0.1, -0.05) is 0 Å². The first-order chi connectivity index (χ1) is 7.18. The number of hydrazine groups is 1. The molecule has 2 aliphatic heterocycles. The molecular weight excluding hydrogens is 194 g/mol. The van der Waals surface area contributed by atoms with Gasteiger partial charge >= 0.3 is 0 Å². The lowest BCUT2D eigenvalue weighted by atomic mass is 10.0. The molecule has 15 heavy (non-hydrogen) atoms. The summed E-state index contributed by atoms with van der Waals surface area (Å²) in [5.74, 6) is 0.502. The molecule has 0 atom stereocenters. The van der Waals surface area contributed by atoms with E-state index in [-0.39, 0.29) is 5.92 Å². The highest BCUT2D eigenvalue weighted by Crippen LogP contribution is 2.19. The highest BCUT2D eigenvalue weighted by atomic mass is 16.5. The minimum Gasteiger partial charge on any atom is -0.378 e. The fourth-order valence-electron chi connectivity index (χ4n) is 1.98. The summed E-state index contributed by atoms with van der Waals surface area (Å²) in [6, 6.07) is 0. The molecule has 0 aromatic rings. The number of ether oxygens (including phenoxy) is 1. The molecule has 2 heterocycles. The van der Waals surface area contributed by atoms with Gasteiger partial charge in [-0.15, -0.1) is 0 Å². The number of nitrogens with zero attached hydrogens (tertiary/aromatic N) is 3. The van der Waals surface area contributed by atoms with E-state index in [1.54, 1.807) is 0 Å². The van der Waals surface area contributed by atoms with Crippen molar-refractivity contribution >= 4 is 5.91 Å². The number of hydrogen-bond acceptors (Lipinski definition) is 4. The normalized spacial score (nSPS) is 24.3. The van der Waals surface area contributed by atoms with Crippen molar-refractivity contribution in [2.75, 3.05) is 53.5 Å². The van der Waals surface area contributed by atoms with E-state index in [0.29, 0.717) is 19.1 Å². The topological polar surface area (TPSA) is 36.0 Å². The summed E-state index contributed by atoms with van der Waals surface area (Å²) in [5, 5.41) is 4.21. The van der Waals surface area contributed by atoms with Crippen LogP contribution in [0.2, 0.25) is 0 Å². The molecule has 0 aliphatic carbocycles. The second kappa shape index (κ2) is 4.47. The summed E-state index contributed by atoms with van der Waals surface area (Å²) < 4.78 is 5.23. The van der Waals surface area contributed by atoms with Gasteiger partial charge in [-0.05, 0) is 0 Å². The van der Waals surface area contributed by atoms with Gasteiger partial charge in [0.1, 0.15) is 0 Å². The summed E-state index contributed by atoms with van der Waals surface area (Å²) in [4.78, 5) is 13.9. The van der Waals surface area contributed by atoms with Crippen molar-refractivity contribution in [2.24, 2.45) is 5.92 Å². The Kier molecular flexibility index (Phi) is 3.23. The molecule has 0 unspecified atom stereocenters. The lowest BCUT2D eigenvalue weighted by Gasteiger charge is -2.44. The fraction of sp³-hybridized carbons (Fsp3) is 0.900. The summed E-state index contributed by atoms with van der Waals surface area (Å²) in [5.41, 5.74) is 0. The molecule has 2 aliphatic rings. The zero-order valence-corrected chi connectivity index (χ0v) is 9.48. The van der Waals surface area contributed by atoms with Crippen LogP contribution in [-0.4, -0.2) is 74.3 Å². The SMILES string of the molecule is CN(C)N1CC(C(=O)N2CCOCC2)C1. The highest BCUT2D eigenvalue weighted by molar-refractivity contribution is 5.80. The van der Waals surface area contributed by atoms with Crippen LogP contribution < -0.4 is 0 Å². The van der Waals surface area contributed by atoms with Crippen molar-refractivity contribution in [3.05, 3.63) is 0 Å². The van der Waals surface area contributed by atoms with Crippen LogP contribution in [0.25, 0.3) is 0 Å². The molecular formula is C10H19N3O2. The van der Waals surface area contributed by atoms with E-state index < -0.39 is 0 Å². The van der Waals surface area contributed by atoms with Crippen LogP contribution in [0.1, 0.15) is 0 Å². The fourth-order valence-corrected chi connectivity index (χ4v) is 1.98. The molecule has 1 amide bonds. The maximum atomic E-state index is 12.0. The van der Waals surface area contributed by atoms with E-state index in [9.17, 15) is 4.79 Å². The number of hydrogen-bond donors (Lipinski definition) is 0. The Balaban J connectivity index is 1.78. The third-order valence-corrected chi connectivity index (χ3v) is 3.10. The summed E-state index contributed by atoms with van der Waals surface area (Å²) >= 11 is 0.